The molecule has 2 aromatic rings. The minimum atomic E-state index is -0.751. The molecular weight excluding hydrogens is 484 g/mol. The summed E-state index contributed by atoms with van der Waals surface area (Å²) in [4.78, 5) is 30.3. The number of unbranched alkanes of at least 4 members (excludes halogenated alkanes) is 1. The van der Waals surface area contributed by atoms with Crippen LogP contribution in [-0.2, 0) is 16.0 Å². The van der Waals surface area contributed by atoms with Crippen molar-refractivity contribution < 1.29 is 28.9 Å². The Hall–Kier alpha value is -3.52. The molecule has 8 heteroatoms. The SMILES string of the molecule is CCCCOc1ccc(C2/C(=C(\O)c3ccc4c(c3)CC(C)O4)C(=O)C(=O)N2CCCN(C)C)cc1OC. The molecule has 204 valence electrons. The molecule has 1 N–H and O–H groups in total. The highest BCUT2D eigenvalue weighted by molar-refractivity contribution is 6.46. The van der Waals surface area contributed by atoms with E-state index in [-0.39, 0.29) is 17.4 Å². The van der Waals surface area contributed by atoms with Gasteiger partial charge in [0.1, 0.15) is 17.6 Å². The van der Waals surface area contributed by atoms with E-state index in [2.05, 4.69) is 6.92 Å². The van der Waals surface area contributed by atoms with Crippen molar-refractivity contribution in [2.45, 2.75) is 51.7 Å². The molecule has 1 saturated heterocycles. The van der Waals surface area contributed by atoms with E-state index in [4.69, 9.17) is 14.2 Å². The minimum absolute atomic E-state index is 0.0511. The Kier molecular flexibility index (Phi) is 8.62. The molecule has 0 aromatic heterocycles. The molecule has 2 aliphatic heterocycles. The number of aliphatic hydroxyl groups is 1. The van der Waals surface area contributed by atoms with E-state index < -0.39 is 17.7 Å². The molecule has 8 nitrogen and oxygen atoms in total. The molecule has 4 rings (SSSR count). The topological polar surface area (TPSA) is 88.5 Å². The monoisotopic (exact) mass is 522 g/mol. The molecule has 2 heterocycles. The second-order valence-corrected chi connectivity index (χ2v) is 10.2. The number of rotatable bonds is 11. The normalized spacial score (nSPS) is 20.1. The predicted molar refractivity (Wildman–Crippen MR) is 146 cm³/mol. The molecule has 2 atom stereocenters. The zero-order valence-electron chi connectivity index (χ0n) is 23.0. The Bertz CT molecular complexity index is 1220. The molecule has 0 spiro atoms. The van der Waals surface area contributed by atoms with Crippen LogP contribution in [0.5, 0.6) is 17.2 Å². The lowest BCUT2D eigenvalue weighted by molar-refractivity contribution is -0.139. The lowest BCUT2D eigenvalue weighted by Crippen LogP contribution is -2.32. The van der Waals surface area contributed by atoms with Crippen LogP contribution in [0.3, 0.4) is 0 Å². The number of amides is 1. The molecule has 2 aliphatic rings. The number of likely N-dealkylation sites (tertiary alicyclic amines) is 1. The third-order valence-electron chi connectivity index (χ3n) is 6.97. The molecule has 0 saturated carbocycles. The Morgan fingerprint density at radius 2 is 1.92 bits per heavy atom. The van der Waals surface area contributed by atoms with Gasteiger partial charge in [-0.25, -0.2) is 0 Å². The van der Waals surface area contributed by atoms with E-state index in [9.17, 15) is 14.7 Å². The summed E-state index contributed by atoms with van der Waals surface area (Å²) in [5.41, 5.74) is 2.21. The van der Waals surface area contributed by atoms with Crippen molar-refractivity contribution in [2.24, 2.45) is 0 Å². The van der Waals surface area contributed by atoms with Crippen molar-refractivity contribution in [1.29, 1.82) is 0 Å². The van der Waals surface area contributed by atoms with Gasteiger partial charge in [0.25, 0.3) is 11.7 Å². The van der Waals surface area contributed by atoms with Gasteiger partial charge in [-0.3, -0.25) is 9.59 Å². The average Bonchev–Trinajstić information content (AvgIpc) is 3.39. The minimum Gasteiger partial charge on any atom is -0.507 e. The van der Waals surface area contributed by atoms with Gasteiger partial charge in [-0.05, 0) is 81.9 Å². The van der Waals surface area contributed by atoms with Crippen LogP contribution in [-0.4, -0.2) is 73.6 Å². The number of hydrogen-bond donors (Lipinski definition) is 1. The summed E-state index contributed by atoms with van der Waals surface area (Å²) in [6.07, 6.45) is 3.38. The second-order valence-electron chi connectivity index (χ2n) is 10.2. The maximum atomic E-state index is 13.4. The van der Waals surface area contributed by atoms with E-state index in [1.165, 1.54) is 0 Å². The molecule has 38 heavy (non-hydrogen) atoms. The molecular formula is C30H38N2O6. The number of ether oxygens (including phenoxy) is 3. The number of hydrogen-bond acceptors (Lipinski definition) is 7. The molecule has 0 radical (unpaired) electrons. The number of nitrogens with zero attached hydrogens (tertiary/aromatic N) is 2. The lowest BCUT2D eigenvalue weighted by Gasteiger charge is -2.26. The van der Waals surface area contributed by atoms with Gasteiger partial charge in [0.2, 0.25) is 0 Å². The first kappa shape index (κ1) is 27.5. The van der Waals surface area contributed by atoms with E-state index in [0.717, 1.165) is 37.1 Å². The molecule has 1 amide bonds. The third-order valence-corrected chi connectivity index (χ3v) is 6.97. The highest BCUT2D eigenvalue weighted by Crippen LogP contribution is 2.43. The quantitative estimate of drug-likeness (QED) is 0.200. The summed E-state index contributed by atoms with van der Waals surface area (Å²) in [5.74, 6) is 0.398. The van der Waals surface area contributed by atoms with Crippen LogP contribution in [0.1, 0.15) is 55.8 Å². The Morgan fingerprint density at radius 1 is 1.13 bits per heavy atom. The maximum Gasteiger partial charge on any atom is 0.295 e. The van der Waals surface area contributed by atoms with Gasteiger partial charge in [0.15, 0.2) is 11.5 Å². The summed E-state index contributed by atoms with van der Waals surface area (Å²) < 4.78 is 17.3. The van der Waals surface area contributed by atoms with Crippen molar-refractivity contribution in [3.8, 4) is 17.2 Å². The summed E-state index contributed by atoms with van der Waals surface area (Å²) >= 11 is 0. The first-order valence-corrected chi connectivity index (χ1v) is 13.3. The summed E-state index contributed by atoms with van der Waals surface area (Å²) in [6, 6.07) is 10.1. The smallest absolute Gasteiger partial charge is 0.295 e. The molecule has 1 fully saturated rings. The Balaban J connectivity index is 1.77. The largest absolute Gasteiger partial charge is 0.507 e. The van der Waals surface area contributed by atoms with Crippen molar-refractivity contribution in [3.63, 3.8) is 0 Å². The standard InChI is InChI=1S/C30H38N2O6/c1-6-7-15-37-24-12-9-20(18-25(24)36-5)27-26(29(34)30(35)32(27)14-8-13-31(3)4)28(33)21-10-11-23-22(17-21)16-19(2)38-23/h9-12,17-19,27,33H,6-8,13-16H2,1-5H3/b28-26+. The van der Waals surface area contributed by atoms with Gasteiger partial charge in [-0.2, -0.15) is 0 Å². The van der Waals surface area contributed by atoms with Gasteiger partial charge in [0.05, 0.1) is 25.3 Å². The Morgan fingerprint density at radius 3 is 2.63 bits per heavy atom. The van der Waals surface area contributed by atoms with Crippen molar-refractivity contribution in [3.05, 3.63) is 58.7 Å². The molecule has 2 unspecified atom stereocenters. The highest BCUT2D eigenvalue weighted by Gasteiger charge is 2.46. The number of benzene rings is 2. The zero-order valence-corrected chi connectivity index (χ0v) is 23.0. The maximum absolute atomic E-state index is 13.4. The van der Waals surface area contributed by atoms with E-state index >= 15 is 0 Å². The van der Waals surface area contributed by atoms with E-state index in [1.54, 1.807) is 30.2 Å². The number of methoxy groups -OCH3 is 1. The van der Waals surface area contributed by atoms with Crippen molar-refractivity contribution in [1.82, 2.24) is 9.80 Å². The van der Waals surface area contributed by atoms with Gasteiger partial charge in [0, 0.05) is 18.5 Å². The number of carbonyl (C=O) groups is 2. The van der Waals surface area contributed by atoms with Crippen LogP contribution in [0.15, 0.2) is 42.0 Å². The number of ketones is 1. The zero-order chi connectivity index (χ0) is 27.4. The number of carbonyl (C=O) groups excluding carboxylic acids is 2. The predicted octanol–water partition coefficient (Wildman–Crippen LogP) is 4.57. The fourth-order valence-corrected chi connectivity index (χ4v) is 5.04. The van der Waals surface area contributed by atoms with Crippen molar-refractivity contribution >= 4 is 17.4 Å². The first-order chi connectivity index (χ1) is 18.2. The number of fused-ring (bicyclic) bond motifs is 1. The third kappa shape index (κ3) is 5.65. The van der Waals surface area contributed by atoms with Crippen LogP contribution in [0, 0.1) is 0 Å². The van der Waals surface area contributed by atoms with E-state index in [1.807, 2.05) is 44.1 Å². The van der Waals surface area contributed by atoms with Crippen LogP contribution in [0.4, 0.5) is 0 Å². The van der Waals surface area contributed by atoms with Gasteiger partial charge >= 0.3 is 0 Å². The van der Waals surface area contributed by atoms with Crippen LogP contribution in [0.2, 0.25) is 0 Å². The first-order valence-electron chi connectivity index (χ1n) is 13.3. The summed E-state index contributed by atoms with van der Waals surface area (Å²) in [6.45, 7) is 5.78. The van der Waals surface area contributed by atoms with Gasteiger partial charge < -0.3 is 29.1 Å². The second kappa shape index (κ2) is 11.9. The fourth-order valence-electron chi connectivity index (χ4n) is 5.04. The fraction of sp³-hybridized carbons (Fsp3) is 0.467. The van der Waals surface area contributed by atoms with Crippen LogP contribution >= 0.6 is 0 Å². The Labute approximate surface area is 224 Å². The van der Waals surface area contributed by atoms with Crippen molar-refractivity contribution in [2.75, 3.05) is 40.9 Å². The summed E-state index contributed by atoms with van der Waals surface area (Å²) in [7, 11) is 5.49. The highest BCUT2D eigenvalue weighted by atomic mass is 16.5. The molecule has 2 aromatic carbocycles. The summed E-state index contributed by atoms with van der Waals surface area (Å²) in [5, 5.41) is 11.5. The van der Waals surface area contributed by atoms with E-state index in [0.29, 0.717) is 42.2 Å². The van der Waals surface area contributed by atoms with Crippen LogP contribution < -0.4 is 14.2 Å². The van der Waals surface area contributed by atoms with Gasteiger partial charge in [-0.1, -0.05) is 19.4 Å². The number of Topliss-reactive ketones (excluding diaryl/α,β-unsaturated/α-hetero) is 1. The molecule has 0 bridgehead atoms. The van der Waals surface area contributed by atoms with Crippen LogP contribution in [0.25, 0.3) is 5.76 Å². The average molecular weight is 523 g/mol. The molecule has 0 aliphatic carbocycles. The number of aliphatic hydroxyl groups excluding tert-OH is 1. The lowest BCUT2D eigenvalue weighted by atomic mass is 9.94. The van der Waals surface area contributed by atoms with Gasteiger partial charge in [-0.15, -0.1) is 0 Å².